The van der Waals surface area contributed by atoms with Crippen LogP contribution in [-0.2, 0) is 12.8 Å². The Balaban J connectivity index is 2.28. The molecule has 0 radical (unpaired) electrons. The molecule has 0 N–H and O–H groups in total. The molecule has 0 unspecified atom stereocenters. The number of unbranched alkanes of at least 4 members (excludes halogenated alkanes) is 2. The number of benzene rings is 2. The number of isothiocyanates is 1. The molecule has 26 heavy (non-hydrogen) atoms. The van der Waals surface area contributed by atoms with E-state index in [2.05, 4.69) is 66.3 Å². The number of aryl methyl sites for hydroxylation is 2. The van der Waals surface area contributed by atoms with Crippen LogP contribution in [0.3, 0.4) is 0 Å². The van der Waals surface area contributed by atoms with E-state index >= 15 is 0 Å². The van der Waals surface area contributed by atoms with Crippen LogP contribution >= 0.6 is 23.8 Å². The van der Waals surface area contributed by atoms with Gasteiger partial charge >= 0.3 is 0 Å². The zero-order valence-electron chi connectivity index (χ0n) is 15.0. The lowest BCUT2D eigenvalue weighted by atomic mass is 9.98. The summed E-state index contributed by atoms with van der Waals surface area (Å²) in [5, 5.41) is 2.30. The van der Waals surface area contributed by atoms with Crippen LogP contribution in [0.4, 0.5) is 10.1 Å². The Morgan fingerprint density at radius 3 is 2.58 bits per heavy atom. The van der Waals surface area contributed by atoms with Gasteiger partial charge in [0.2, 0.25) is 0 Å². The highest BCUT2D eigenvalue weighted by Crippen LogP contribution is 2.29. The molecule has 0 aromatic heterocycles. The van der Waals surface area contributed by atoms with Gasteiger partial charge in [0.15, 0.2) is 5.82 Å². The van der Waals surface area contributed by atoms with Crippen LogP contribution in [0.1, 0.15) is 55.4 Å². The van der Waals surface area contributed by atoms with Gasteiger partial charge in [0.05, 0.1) is 10.2 Å². The molecule has 0 saturated heterocycles. The molecular weight excluding hydrogens is 365 g/mol. The quantitative estimate of drug-likeness (QED) is 0.228. The molecule has 0 spiro atoms. The second kappa shape index (κ2) is 10.2. The molecule has 1 nitrogen and oxygen atoms in total. The monoisotopic (exact) mass is 385 g/mol. The van der Waals surface area contributed by atoms with Crippen molar-refractivity contribution in [3.8, 4) is 11.8 Å². The van der Waals surface area contributed by atoms with E-state index in [1.54, 1.807) is 6.07 Å². The summed E-state index contributed by atoms with van der Waals surface area (Å²) < 4.78 is 14.0. The topological polar surface area (TPSA) is 12.4 Å². The predicted octanol–water partition coefficient (Wildman–Crippen LogP) is 6.91. The number of aliphatic imine (C=N–C) groups is 1. The van der Waals surface area contributed by atoms with Crippen LogP contribution in [0, 0.1) is 17.7 Å². The Hall–Kier alpha value is -1.98. The number of thiocarbonyl (C=S) groups is 1. The highest BCUT2D eigenvalue weighted by Gasteiger charge is 2.08. The maximum Gasteiger partial charge on any atom is 0.152 e. The Morgan fingerprint density at radius 2 is 1.92 bits per heavy atom. The zero-order chi connectivity index (χ0) is 18.9. The molecule has 2 aromatic carbocycles. The van der Waals surface area contributed by atoms with Gasteiger partial charge in [-0.15, -0.1) is 0 Å². The fraction of sp³-hybridized carbons (Fsp3) is 0.318. The van der Waals surface area contributed by atoms with E-state index < -0.39 is 5.82 Å². The molecule has 4 heteroatoms. The van der Waals surface area contributed by atoms with Crippen molar-refractivity contribution in [2.24, 2.45) is 4.99 Å². The number of halogens is 2. The molecule has 134 valence electrons. The van der Waals surface area contributed by atoms with Gasteiger partial charge in [0, 0.05) is 11.1 Å². The van der Waals surface area contributed by atoms with Crippen molar-refractivity contribution in [2.75, 3.05) is 0 Å². The van der Waals surface area contributed by atoms with Crippen molar-refractivity contribution >= 4 is 34.7 Å². The van der Waals surface area contributed by atoms with Gasteiger partial charge in [0.25, 0.3) is 0 Å². The lowest BCUT2D eigenvalue weighted by Gasteiger charge is -2.06. The third-order valence-electron chi connectivity index (χ3n) is 4.14. The third kappa shape index (κ3) is 5.51. The number of hydrogen-bond donors (Lipinski definition) is 0. The van der Waals surface area contributed by atoms with Crippen LogP contribution in [0.5, 0.6) is 0 Å². The minimum absolute atomic E-state index is 0.00195. The highest BCUT2D eigenvalue weighted by molar-refractivity contribution is 7.78. The summed E-state index contributed by atoms with van der Waals surface area (Å²) in [6.07, 6.45) is 5.68. The average Bonchev–Trinajstić information content (AvgIpc) is 2.63. The van der Waals surface area contributed by atoms with Crippen molar-refractivity contribution in [2.45, 2.75) is 46.0 Å². The van der Waals surface area contributed by atoms with Gasteiger partial charge in [-0.2, -0.15) is 4.99 Å². The Kier molecular flexibility index (Phi) is 8.01. The van der Waals surface area contributed by atoms with Crippen molar-refractivity contribution in [1.29, 1.82) is 0 Å². The summed E-state index contributed by atoms with van der Waals surface area (Å²) in [4.78, 5) is 3.64. The molecule has 0 aliphatic rings. The van der Waals surface area contributed by atoms with Crippen molar-refractivity contribution in [3.63, 3.8) is 0 Å². The van der Waals surface area contributed by atoms with E-state index in [1.165, 1.54) is 36.5 Å². The highest BCUT2D eigenvalue weighted by atomic mass is 35.5. The minimum atomic E-state index is -0.555. The molecule has 0 aliphatic heterocycles. The van der Waals surface area contributed by atoms with E-state index in [9.17, 15) is 4.39 Å². The average molecular weight is 386 g/mol. The van der Waals surface area contributed by atoms with Crippen molar-refractivity contribution in [1.82, 2.24) is 0 Å². The Bertz CT molecular complexity index is 866. The van der Waals surface area contributed by atoms with E-state index in [-0.39, 0.29) is 10.7 Å². The second-order valence-corrected chi connectivity index (χ2v) is 6.63. The molecular formula is C22H21ClFNS. The second-order valence-electron chi connectivity index (χ2n) is 6.04. The van der Waals surface area contributed by atoms with Gasteiger partial charge in [-0.05, 0) is 60.8 Å². The van der Waals surface area contributed by atoms with Crippen LogP contribution in [-0.4, -0.2) is 5.16 Å². The first-order valence-electron chi connectivity index (χ1n) is 8.79. The summed E-state index contributed by atoms with van der Waals surface area (Å²) >= 11 is 10.5. The molecule has 2 aromatic rings. The summed E-state index contributed by atoms with van der Waals surface area (Å²) in [7, 11) is 0. The van der Waals surface area contributed by atoms with Gasteiger partial charge in [-0.1, -0.05) is 62.3 Å². The molecule has 0 amide bonds. The summed E-state index contributed by atoms with van der Waals surface area (Å²) in [6.45, 7) is 4.32. The maximum absolute atomic E-state index is 14.0. The van der Waals surface area contributed by atoms with Gasteiger partial charge in [-0.3, -0.25) is 0 Å². The number of hydrogen-bond acceptors (Lipinski definition) is 2. The Labute approximate surface area is 165 Å². The van der Waals surface area contributed by atoms with E-state index in [0.717, 1.165) is 18.4 Å². The molecule has 0 heterocycles. The van der Waals surface area contributed by atoms with E-state index in [0.29, 0.717) is 5.56 Å². The summed E-state index contributed by atoms with van der Waals surface area (Å²) in [5.74, 6) is 5.58. The first kappa shape index (κ1) is 20.3. The van der Waals surface area contributed by atoms with Gasteiger partial charge < -0.3 is 0 Å². The van der Waals surface area contributed by atoms with Gasteiger partial charge in [0.1, 0.15) is 5.69 Å². The summed E-state index contributed by atoms with van der Waals surface area (Å²) in [5.41, 5.74) is 4.02. The molecule has 0 aliphatic carbocycles. The first-order chi connectivity index (χ1) is 12.6. The normalized spacial score (nSPS) is 10.0. The van der Waals surface area contributed by atoms with Crippen LogP contribution in [0.2, 0.25) is 5.02 Å². The molecule has 0 atom stereocenters. The SMILES string of the molecule is CCCCCc1ccc(C#Cc2cc(F)c(N=C=S)c(Cl)c2)c(CC)c1. The number of rotatable bonds is 6. The van der Waals surface area contributed by atoms with E-state index in [1.807, 2.05) is 0 Å². The molecule has 0 saturated carbocycles. The fourth-order valence-electron chi connectivity index (χ4n) is 2.73. The molecule has 2 rings (SSSR count). The van der Waals surface area contributed by atoms with Crippen LogP contribution in [0.25, 0.3) is 0 Å². The minimum Gasteiger partial charge on any atom is -0.204 e. The standard InChI is InChI=1S/C22H21ClFNS/c1-3-5-6-7-16-8-10-19(18(4-2)12-16)11-9-17-13-20(23)22(25-15-26)21(24)14-17/h8,10,12-14H,3-7H2,1-2H3. The van der Waals surface area contributed by atoms with Crippen molar-refractivity contribution in [3.05, 3.63) is 63.4 Å². The maximum atomic E-state index is 14.0. The smallest absolute Gasteiger partial charge is 0.152 e. The fourth-order valence-corrected chi connectivity index (χ4v) is 3.07. The van der Waals surface area contributed by atoms with Crippen LogP contribution in [0.15, 0.2) is 35.3 Å². The third-order valence-corrected chi connectivity index (χ3v) is 4.51. The molecule has 0 bridgehead atoms. The van der Waals surface area contributed by atoms with Crippen molar-refractivity contribution < 1.29 is 4.39 Å². The van der Waals surface area contributed by atoms with E-state index in [4.69, 9.17) is 11.6 Å². The van der Waals surface area contributed by atoms with Gasteiger partial charge in [-0.25, -0.2) is 4.39 Å². The largest absolute Gasteiger partial charge is 0.204 e. The molecule has 0 fully saturated rings. The first-order valence-corrected chi connectivity index (χ1v) is 9.58. The summed E-state index contributed by atoms with van der Waals surface area (Å²) in [6, 6.07) is 9.31. The lowest BCUT2D eigenvalue weighted by molar-refractivity contribution is 0.630. The lowest BCUT2D eigenvalue weighted by Crippen LogP contribution is -1.93. The Morgan fingerprint density at radius 1 is 1.12 bits per heavy atom. The van der Waals surface area contributed by atoms with Crippen LogP contribution < -0.4 is 0 Å². The zero-order valence-corrected chi connectivity index (χ0v) is 16.6. The number of nitrogens with zero attached hydrogens (tertiary/aromatic N) is 1. The predicted molar refractivity (Wildman–Crippen MR) is 111 cm³/mol.